The van der Waals surface area contributed by atoms with E-state index in [9.17, 15) is 9.90 Å². The number of aromatic hydroxyl groups is 1. The van der Waals surface area contributed by atoms with Crippen molar-refractivity contribution in [1.82, 2.24) is 30.1 Å². The van der Waals surface area contributed by atoms with Gasteiger partial charge in [0.1, 0.15) is 11.8 Å². The molecule has 2 N–H and O–H groups in total. The molecule has 4 aromatic rings. The predicted molar refractivity (Wildman–Crippen MR) is 141 cm³/mol. The topological polar surface area (TPSA) is 103 Å². The number of nitrogens with one attached hydrogen (secondary N) is 1. The van der Waals surface area contributed by atoms with Crippen LogP contribution in [0.15, 0.2) is 47.3 Å². The van der Waals surface area contributed by atoms with Crippen LogP contribution in [0.4, 0.5) is 5.69 Å². The quantitative estimate of drug-likeness (QED) is 0.454. The van der Waals surface area contributed by atoms with Crippen LogP contribution in [-0.2, 0) is 5.54 Å². The first-order chi connectivity index (χ1) is 17.1. The van der Waals surface area contributed by atoms with Crippen LogP contribution in [0.25, 0.3) is 10.9 Å². The number of aromatic nitrogens is 5. The second kappa shape index (κ2) is 9.05. The minimum Gasteiger partial charge on any atom is -0.508 e. The number of hydrogen-bond acceptors (Lipinski definition) is 7. The van der Waals surface area contributed by atoms with E-state index in [1.54, 1.807) is 12.1 Å². The van der Waals surface area contributed by atoms with Crippen molar-refractivity contribution in [2.24, 2.45) is 0 Å². The molecular weight excluding hydrogens is 454 g/mol. The van der Waals surface area contributed by atoms with Crippen LogP contribution in [0, 0.1) is 13.8 Å². The highest BCUT2D eigenvalue weighted by Crippen LogP contribution is 2.31. The number of aromatic amines is 1. The van der Waals surface area contributed by atoms with Crippen LogP contribution in [0.5, 0.6) is 5.75 Å². The molecule has 9 nitrogen and oxygen atoms in total. The summed E-state index contributed by atoms with van der Waals surface area (Å²) in [6, 6.07) is 13.1. The molecule has 1 unspecified atom stereocenters. The highest BCUT2D eigenvalue weighted by Gasteiger charge is 2.35. The van der Waals surface area contributed by atoms with Crippen LogP contribution < -0.4 is 10.5 Å². The molecule has 2 aromatic carbocycles. The lowest BCUT2D eigenvalue weighted by atomic mass is 9.99. The molecule has 3 heterocycles. The minimum atomic E-state index is -0.393. The number of aryl methyl sites for hydroxylation is 2. The Kier molecular flexibility index (Phi) is 6.04. The zero-order valence-electron chi connectivity index (χ0n) is 21.5. The van der Waals surface area contributed by atoms with Gasteiger partial charge in [0.05, 0.1) is 11.1 Å². The largest absolute Gasteiger partial charge is 0.508 e. The normalized spacial score (nSPS) is 16.0. The van der Waals surface area contributed by atoms with Crippen LogP contribution in [0.1, 0.15) is 49.3 Å². The number of anilines is 1. The molecule has 0 radical (unpaired) electrons. The lowest BCUT2D eigenvalue weighted by molar-refractivity contribution is 0.190. The Hall–Kier alpha value is -3.72. The fraction of sp³-hybridized carbons (Fsp3) is 0.407. The Balaban J connectivity index is 1.57. The number of tetrazole rings is 1. The Morgan fingerprint density at radius 1 is 1.00 bits per heavy atom. The number of H-pyrrole nitrogens is 1. The fourth-order valence-corrected chi connectivity index (χ4v) is 5.15. The van der Waals surface area contributed by atoms with Crippen molar-refractivity contribution in [2.45, 2.75) is 46.2 Å². The van der Waals surface area contributed by atoms with Gasteiger partial charge in [0.2, 0.25) is 0 Å². The van der Waals surface area contributed by atoms with E-state index in [1.165, 1.54) is 0 Å². The van der Waals surface area contributed by atoms with Gasteiger partial charge in [0.15, 0.2) is 5.82 Å². The van der Waals surface area contributed by atoms with Crippen molar-refractivity contribution in [3.8, 4) is 5.75 Å². The van der Waals surface area contributed by atoms with Gasteiger partial charge in [0.25, 0.3) is 5.56 Å². The van der Waals surface area contributed by atoms with E-state index in [0.29, 0.717) is 11.4 Å². The summed E-state index contributed by atoms with van der Waals surface area (Å²) in [6.07, 6.45) is 0. The number of fused-ring (bicyclic) bond motifs is 1. The summed E-state index contributed by atoms with van der Waals surface area (Å²) in [5.41, 5.74) is 4.30. The Labute approximate surface area is 210 Å². The summed E-state index contributed by atoms with van der Waals surface area (Å²) in [6.45, 7) is 13.3. The third kappa shape index (κ3) is 4.46. The summed E-state index contributed by atoms with van der Waals surface area (Å²) in [5, 5.41) is 23.4. The second-order valence-electron chi connectivity index (χ2n) is 10.7. The smallest absolute Gasteiger partial charge is 0.253 e. The van der Waals surface area contributed by atoms with Gasteiger partial charge >= 0.3 is 0 Å². The second-order valence-corrected chi connectivity index (χ2v) is 10.7. The molecule has 0 saturated carbocycles. The number of benzene rings is 2. The van der Waals surface area contributed by atoms with Crippen molar-refractivity contribution in [1.29, 1.82) is 0 Å². The Morgan fingerprint density at radius 3 is 2.36 bits per heavy atom. The van der Waals surface area contributed by atoms with Crippen molar-refractivity contribution in [3.05, 3.63) is 75.3 Å². The van der Waals surface area contributed by atoms with Gasteiger partial charge in [-0.25, -0.2) is 4.68 Å². The van der Waals surface area contributed by atoms with Gasteiger partial charge in [0, 0.05) is 37.4 Å². The number of phenolic OH excluding ortho intramolecular Hbond substituents is 1. The minimum absolute atomic E-state index is 0.121. The van der Waals surface area contributed by atoms with E-state index < -0.39 is 6.04 Å². The molecule has 0 amide bonds. The Morgan fingerprint density at radius 2 is 1.69 bits per heavy atom. The molecule has 1 aliphatic heterocycles. The van der Waals surface area contributed by atoms with E-state index in [-0.39, 0.29) is 16.8 Å². The standard InChI is InChI=1S/C27H33N7O2/c1-17-14-18(2)23-19(15-17)16-22(26(36)28-23)24(25-29-30-31-34(25)27(3,4)5)33-12-10-32(11-13-33)20-6-8-21(35)9-7-20/h6-9,14-16,24,35H,10-13H2,1-5H3,(H,28,36). The molecule has 2 aromatic heterocycles. The van der Waals surface area contributed by atoms with E-state index in [4.69, 9.17) is 0 Å². The summed E-state index contributed by atoms with van der Waals surface area (Å²) in [5.74, 6) is 0.919. The van der Waals surface area contributed by atoms with Crippen LogP contribution in [-0.4, -0.2) is 61.4 Å². The number of nitrogens with zero attached hydrogens (tertiary/aromatic N) is 6. The Bertz CT molecular complexity index is 1440. The lowest BCUT2D eigenvalue weighted by Crippen LogP contribution is -2.49. The van der Waals surface area contributed by atoms with Crippen molar-refractivity contribution < 1.29 is 5.11 Å². The average Bonchev–Trinajstić information content (AvgIpc) is 3.31. The SMILES string of the molecule is Cc1cc(C)c2[nH]c(=O)c(C(c3nnnn3C(C)(C)C)N3CCN(c4ccc(O)cc4)CC3)cc2c1. The molecule has 9 heteroatoms. The van der Waals surface area contributed by atoms with Crippen molar-refractivity contribution >= 4 is 16.6 Å². The van der Waals surface area contributed by atoms with Gasteiger partial charge in [-0.05, 0) is 92.4 Å². The highest BCUT2D eigenvalue weighted by atomic mass is 16.3. The number of hydrogen-bond donors (Lipinski definition) is 2. The van der Waals surface area contributed by atoms with Gasteiger partial charge in [-0.3, -0.25) is 9.69 Å². The van der Waals surface area contributed by atoms with Crippen LogP contribution >= 0.6 is 0 Å². The predicted octanol–water partition coefficient (Wildman–Crippen LogP) is 3.50. The maximum absolute atomic E-state index is 13.5. The summed E-state index contributed by atoms with van der Waals surface area (Å²) in [7, 11) is 0. The first-order valence-corrected chi connectivity index (χ1v) is 12.3. The molecule has 1 atom stereocenters. The lowest BCUT2D eigenvalue weighted by Gasteiger charge is -2.40. The summed E-state index contributed by atoms with van der Waals surface area (Å²) >= 11 is 0. The summed E-state index contributed by atoms with van der Waals surface area (Å²) < 4.78 is 1.83. The molecule has 0 bridgehead atoms. The molecule has 188 valence electrons. The van der Waals surface area contributed by atoms with Crippen LogP contribution in [0.3, 0.4) is 0 Å². The average molecular weight is 488 g/mol. The monoisotopic (exact) mass is 487 g/mol. The number of pyridine rings is 1. The molecule has 36 heavy (non-hydrogen) atoms. The van der Waals surface area contributed by atoms with Crippen molar-refractivity contribution in [3.63, 3.8) is 0 Å². The third-order valence-corrected chi connectivity index (χ3v) is 6.88. The number of piperazine rings is 1. The zero-order valence-corrected chi connectivity index (χ0v) is 21.5. The fourth-order valence-electron chi connectivity index (χ4n) is 5.15. The molecule has 0 aliphatic carbocycles. The molecule has 5 rings (SSSR count). The van der Waals surface area contributed by atoms with Gasteiger partial charge in [-0.2, -0.15) is 0 Å². The molecule has 1 fully saturated rings. The van der Waals surface area contributed by atoms with E-state index in [1.807, 2.05) is 29.8 Å². The highest BCUT2D eigenvalue weighted by molar-refractivity contribution is 5.83. The van der Waals surface area contributed by atoms with Gasteiger partial charge in [-0.15, -0.1) is 5.10 Å². The third-order valence-electron chi connectivity index (χ3n) is 6.88. The van der Waals surface area contributed by atoms with Gasteiger partial charge < -0.3 is 15.0 Å². The van der Waals surface area contributed by atoms with E-state index in [2.05, 4.69) is 70.1 Å². The number of rotatable bonds is 4. The van der Waals surface area contributed by atoms with Crippen molar-refractivity contribution in [2.75, 3.05) is 31.1 Å². The zero-order chi connectivity index (χ0) is 25.6. The maximum Gasteiger partial charge on any atom is 0.253 e. The molecule has 1 aliphatic rings. The number of phenols is 1. The van der Waals surface area contributed by atoms with E-state index in [0.717, 1.165) is 53.9 Å². The molecule has 1 saturated heterocycles. The first kappa shape index (κ1) is 24.0. The first-order valence-electron chi connectivity index (χ1n) is 12.3. The van der Waals surface area contributed by atoms with Gasteiger partial charge in [-0.1, -0.05) is 11.6 Å². The maximum atomic E-state index is 13.5. The van der Waals surface area contributed by atoms with Crippen LogP contribution in [0.2, 0.25) is 0 Å². The van der Waals surface area contributed by atoms with E-state index >= 15 is 0 Å². The molecule has 0 spiro atoms. The molecular formula is C27H33N7O2. The summed E-state index contributed by atoms with van der Waals surface area (Å²) in [4.78, 5) is 21.3.